The van der Waals surface area contributed by atoms with Crippen LogP contribution in [0.4, 0.5) is 0 Å². The van der Waals surface area contributed by atoms with Gasteiger partial charge in [0.25, 0.3) is 5.91 Å². The van der Waals surface area contributed by atoms with Gasteiger partial charge in [0.1, 0.15) is 0 Å². The number of hydrogen-bond donors (Lipinski definition) is 0. The first kappa shape index (κ1) is 19.8. The molecule has 1 fully saturated rings. The molecule has 0 N–H and O–H groups in total. The molecule has 0 aliphatic carbocycles. The van der Waals surface area contributed by atoms with E-state index in [0.717, 1.165) is 23.9 Å². The molecule has 0 spiro atoms. The third kappa shape index (κ3) is 4.00. The van der Waals surface area contributed by atoms with E-state index < -0.39 is 9.84 Å². The van der Waals surface area contributed by atoms with E-state index in [2.05, 4.69) is 17.0 Å². The molecule has 148 valence electrons. The highest BCUT2D eigenvalue weighted by molar-refractivity contribution is 7.91. The van der Waals surface area contributed by atoms with Gasteiger partial charge in [-0.05, 0) is 39.7 Å². The van der Waals surface area contributed by atoms with Crippen molar-refractivity contribution in [3.05, 3.63) is 23.5 Å². The van der Waals surface area contributed by atoms with E-state index in [1.165, 1.54) is 0 Å². The van der Waals surface area contributed by atoms with Crippen LogP contribution < -0.4 is 0 Å². The van der Waals surface area contributed by atoms with E-state index in [9.17, 15) is 13.2 Å². The van der Waals surface area contributed by atoms with Crippen LogP contribution in [0.5, 0.6) is 0 Å². The maximum Gasteiger partial charge on any atom is 0.255 e. The molecular weight excluding hydrogens is 364 g/mol. The largest absolute Gasteiger partial charge is 0.335 e. The van der Waals surface area contributed by atoms with E-state index in [0.29, 0.717) is 24.2 Å². The Kier molecular flexibility index (Phi) is 5.55. The molecule has 1 atom stereocenters. The molecule has 27 heavy (non-hydrogen) atoms. The minimum Gasteiger partial charge on any atom is -0.335 e. The molecule has 0 radical (unpaired) electrons. The first-order valence-corrected chi connectivity index (χ1v) is 11.4. The molecule has 1 saturated heterocycles. The zero-order chi connectivity index (χ0) is 19.8. The Bertz CT molecular complexity index is 949. The van der Waals surface area contributed by atoms with Gasteiger partial charge >= 0.3 is 0 Å². The number of sulfone groups is 1. The summed E-state index contributed by atoms with van der Waals surface area (Å²) >= 11 is 0. The van der Waals surface area contributed by atoms with Gasteiger partial charge in [0.15, 0.2) is 15.5 Å². The third-order valence-corrected chi connectivity index (χ3v) is 6.89. The Morgan fingerprint density at radius 1 is 1.41 bits per heavy atom. The fourth-order valence-electron chi connectivity index (χ4n) is 3.61. The maximum atomic E-state index is 13.3. The van der Waals surface area contributed by atoms with E-state index in [-0.39, 0.29) is 29.5 Å². The second kappa shape index (κ2) is 7.58. The fraction of sp³-hybridized carbons (Fsp3) is 0.632. The molecule has 1 aliphatic heterocycles. The van der Waals surface area contributed by atoms with Crippen molar-refractivity contribution in [3.63, 3.8) is 0 Å². The van der Waals surface area contributed by atoms with E-state index >= 15 is 0 Å². The molecule has 1 unspecified atom stereocenters. The van der Waals surface area contributed by atoms with Gasteiger partial charge in [-0.15, -0.1) is 0 Å². The van der Waals surface area contributed by atoms with Crippen molar-refractivity contribution < 1.29 is 13.2 Å². The Hall–Kier alpha value is -1.96. The standard InChI is InChI=1S/C19H28N4O3S/c1-5-6-8-22(16-7-9-27(25,26)12-16)19(24)17-10-15-11-20-23(13(2)3)18(15)21-14(17)4/h10-11,13,16H,5-9,12H2,1-4H3. The summed E-state index contributed by atoms with van der Waals surface area (Å²) < 4.78 is 25.7. The lowest BCUT2D eigenvalue weighted by atomic mass is 10.1. The lowest BCUT2D eigenvalue weighted by Gasteiger charge is -2.28. The SMILES string of the molecule is CCCCN(C(=O)c1cc2cnn(C(C)C)c2nc1C)C1CCS(=O)(=O)C1. The molecule has 1 aliphatic rings. The van der Waals surface area contributed by atoms with Crippen LogP contribution in [-0.2, 0) is 9.84 Å². The molecule has 3 rings (SSSR count). The monoisotopic (exact) mass is 392 g/mol. The van der Waals surface area contributed by atoms with Crippen LogP contribution >= 0.6 is 0 Å². The first-order chi connectivity index (χ1) is 12.7. The Morgan fingerprint density at radius 2 is 2.15 bits per heavy atom. The van der Waals surface area contributed by atoms with Gasteiger partial charge in [-0.25, -0.2) is 18.1 Å². The summed E-state index contributed by atoms with van der Waals surface area (Å²) in [4.78, 5) is 19.7. The normalized spacial score (nSPS) is 19.1. The summed E-state index contributed by atoms with van der Waals surface area (Å²) in [6, 6.07) is 1.78. The number of carbonyl (C=O) groups excluding carboxylic acids is 1. The summed E-state index contributed by atoms with van der Waals surface area (Å²) in [7, 11) is -3.06. The maximum absolute atomic E-state index is 13.3. The molecule has 0 saturated carbocycles. The van der Waals surface area contributed by atoms with Gasteiger partial charge in [-0.1, -0.05) is 13.3 Å². The molecule has 2 aromatic rings. The number of aromatic nitrogens is 3. The van der Waals surface area contributed by atoms with Crippen molar-refractivity contribution in [2.24, 2.45) is 0 Å². The zero-order valence-electron chi connectivity index (χ0n) is 16.5. The minimum absolute atomic E-state index is 0.0580. The number of aryl methyl sites for hydroxylation is 1. The van der Waals surface area contributed by atoms with Crippen molar-refractivity contribution in [2.75, 3.05) is 18.1 Å². The van der Waals surface area contributed by atoms with Crippen molar-refractivity contribution >= 4 is 26.8 Å². The number of rotatable bonds is 6. The van der Waals surface area contributed by atoms with Crippen LogP contribution in [0.25, 0.3) is 11.0 Å². The molecule has 2 aromatic heterocycles. The Morgan fingerprint density at radius 3 is 2.74 bits per heavy atom. The first-order valence-electron chi connectivity index (χ1n) is 9.59. The molecule has 0 bridgehead atoms. The lowest BCUT2D eigenvalue weighted by molar-refractivity contribution is 0.0693. The highest BCUT2D eigenvalue weighted by Crippen LogP contribution is 2.24. The van der Waals surface area contributed by atoms with Gasteiger partial charge in [-0.2, -0.15) is 5.10 Å². The molecule has 8 heteroatoms. The minimum atomic E-state index is -3.06. The van der Waals surface area contributed by atoms with Gasteiger partial charge in [0.05, 0.1) is 29.0 Å². The molecule has 3 heterocycles. The van der Waals surface area contributed by atoms with Crippen LogP contribution in [0.2, 0.25) is 0 Å². The van der Waals surface area contributed by atoms with E-state index in [1.807, 2.05) is 31.5 Å². The van der Waals surface area contributed by atoms with Crippen LogP contribution in [-0.4, -0.2) is 58.1 Å². The summed E-state index contributed by atoms with van der Waals surface area (Å²) in [5, 5.41) is 5.20. The summed E-state index contributed by atoms with van der Waals surface area (Å²) in [5.74, 6) is 0.0859. The van der Waals surface area contributed by atoms with Gasteiger partial charge < -0.3 is 4.90 Å². The van der Waals surface area contributed by atoms with Crippen molar-refractivity contribution in [2.45, 2.75) is 59.0 Å². The lowest BCUT2D eigenvalue weighted by Crippen LogP contribution is -2.42. The van der Waals surface area contributed by atoms with Gasteiger partial charge in [-0.3, -0.25) is 4.79 Å². The predicted molar refractivity (Wildman–Crippen MR) is 106 cm³/mol. The van der Waals surface area contributed by atoms with Crippen molar-refractivity contribution in [3.8, 4) is 0 Å². The van der Waals surface area contributed by atoms with E-state index in [1.54, 1.807) is 11.1 Å². The Balaban J connectivity index is 1.96. The van der Waals surface area contributed by atoms with Crippen LogP contribution in [0.1, 0.15) is 62.1 Å². The zero-order valence-corrected chi connectivity index (χ0v) is 17.3. The summed E-state index contributed by atoms with van der Waals surface area (Å²) in [6.45, 7) is 8.53. The fourth-order valence-corrected chi connectivity index (χ4v) is 5.35. The molecule has 0 aromatic carbocycles. The predicted octanol–water partition coefficient (Wildman–Crippen LogP) is 2.75. The van der Waals surface area contributed by atoms with Crippen LogP contribution in [0.15, 0.2) is 12.3 Å². The van der Waals surface area contributed by atoms with Gasteiger partial charge in [0.2, 0.25) is 0 Å². The van der Waals surface area contributed by atoms with Crippen molar-refractivity contribution in [1.29, 1.82) is 0 Å². The average molecular weight is 393 g/mol. The van der Waals surface area contributed by atoms with Crippen molar-refractivity contribution in [1.82, 2.24) is 19.7 Å². The number of nitrogens with zero attached hydrogens (tertiary/aromatic N) is 4. The topological polar surface area (TPSA) is 85.2 Å². The number of pyridine rings is 1. The second-order valence-corrected chi connectivity index (χ2v) is 9.85. The molecule has 1 amide bonds. The molecular formula is C19H28N4O3S. The summed E-state index contributed by atoms with van der Waals surface area (Å²) in [5.41, 5.74) is 1.95. The quantitative estimate of drug-likeness (QED) is 0.755. The average Bonchev–Trinajstić information content (AvgIpc) is 3.17. The second-order valence-electron chi connectivity index (χ2n) is 7.63. The number of amides is 1. The number of unbranched alkanes of at least 4 members (excludes halogenated alkanes) is 1. The molecule has 7 nitrogen and oxygen atoms in total. The number of carbonyl (C=O) groups is 1. The number of fused-ring (bicyclic) bond motifs is 1. The van der Waals surface area contributed by atoms with E-state index in [4.69, 9.17) is 0 Å². The smallest absolute Gasteiger partial charge is 0.255 e. The highest BCUT2D eigenvalue weighted by Gasteiger charge is 2.35. The Labute approximate surface area is 160 Å². The van der Waals surface area contributed by atoms with Gasteiger partial charge in [0, 0.05) is 24.0 Å². The van der Waals surface area contributed by atoms with Crippen LogP contribution in [0.3, 0.4) is 0 Å². The summed E-state index contributed by atoms with van der Waals surface area (Å²) in [6.07, 6.45) is 4.04. The van der Waals surface area contributed by atoms with Crippen LogP contribution in [0, 0.1) is 6.92 Å². The highest BCUT2D eigenvalue weighted by atomic mass is 32.2. The third-order valence-electron chi connectivity index (χ3n) is 5.14. The number of hydrogen-bond acceptors (Lipinski definition) is 5.